The number of nitrogens with zero attached hydrogens (tertiary/aromatic N) is 2. The van der Waals surface area contributed by atoms with Gasteiger partial charge in [-0.25, -0.2) is 4.98 Å². The largest absolute Gasteiger partial charge is 0.302 e. The van der Waals surface area contributed by atoms with Crippen LogP contribution in [-0.2, 0) is 0 Å². The fraction of sp³-hybridized carbons (Fsp3) is 0.222. The summed E-state index contributed by atoms with van der Waals surface area (Å²) in [5.74, 6) is 0. The molecule has 0 fully saturated rings. The Labute approximate surface area is 144 Å². The van der Waals surface area contributed by atoms with Crippen LogP contribution in [0.4, 0.5) is 0 Å². The van der Waals surface area contributed by atoms with Crippen LogP contribution in [0.3, 0.4) is 0 Å². The van der Waals surface area contributed by atoms with E-state index < -0.39 is 0 Å². The molecule has 23 heavy (non-hydrogen) atoms. The van der Waals surface area contributed by atoms with Crippen molar-refractivity contribution in [3.05, 3.63) is 62.4 Å². The van der Waals surface area contributed by atoms with Gasteiger partial charge in [-0.2, -0.15) is 5.10 Å². The van der Waals surface area contributed by atoms with Crippen LogP contribution in [0, 0.1) is 13.8 Å². The van der Waals surface area contributed by atoms with Crippen molar-refractivity contribution in [3.63, 3.8) is 0 Å². The molecule has 3 aromatic rings. The first kappa shape index (κ1) is 14.7. The third-order valence-electron chi connectivity index (χ3n) is 4.18. The standard InChI is InChI=1S/C18H16ClN3S/c1-10-4-3-5-12-8-13(18(19)20-17(10)12)14-9-15(22-21-14)16-7-6-11(2)23-16/h3-8,14,21H,9H2,1-2H3. The van der Waals surface area contributed by atoms with Crippen molar-refractivity contribution in [3.8, 4) is 0 Å². The van der Waals surface area contributed by atoms with E-state index in [0.717, 1.165) is 34.2 Å². The van der Waals surface area contributed by atoms with E-state index in [2.05, 4.69) is 65.8 Å². The second-order valence-corrected chi connectivity index (χ2v) is 7.52. The zero-order valence-electron chi connectivity index (χ0n) is 12.9. The highest BCUT2D eigenvalue weighted by atomic mass is 35.5. The number of hydrogen-bond donors (Lipinski definition) is 1. The summed E-state index contributed by atoms with van der Waals surface area (Å²) in [6, 6.07) is 12.7. The molecule has 1 aromatic carbocycles. The number of aryl methyl sites for hydroxylation is 2. The molecular formula is C18H16ClN3S. The van der Waals surface area contributed by atoms with E-state index in [9.17, 15) is 0 Å². The molecule has 1 aliphatic heterocycles. The molecule has 0 radical (unpaired) electrons. The number of pyridine rings is 1. The molecule has 0 spiro atoms. The fourth-order valence-electron chi connectivity index (χ4n) is 2.95. The molecule has 0 saturated carbocycles. The Morgan fingerprint density at radius 1 is 1.22 bits per heavy atom. The second-order valence-electron chi connectivity index (χ2n) is 5.87. The highest BCUT2D eigenvalue weighted by Gasteiger charge is 2.25. The van der Waals surface area contributed by atoms with Gasteiger partial charge in [0.25, 0.3) is 0 Å². The summed E-state index contributed by atoms with van der Waals surface area (Å²) in [6.07, 6.45) is 0.832. The molecule has 1 unspecified atom stereocenters. The minimum atomic E-state index is 0.0809. The van der Waals surface area contributed by atoms with Gasteiger partial charge in [0.05, 0.1) is 22.1 Å². The normalized spacial score (nSPS) is 17.3. The lowest BCUT2D eigenvalue weighted by Gasteiger charge is -2.13. The SMILES string of the molecule is Cc1ccc(C2=NNC(c3cc4cccc(C)c4nc3Cl)C2)s1. The predicted octanol–water partition coefficient (Wildman–Crippen LogP) is 5.01. The topological polar surface area (TPSA) is 37.3 Å². The van der Waals surface area contributed by atoms with Crippen molar-refractivity contribution in [2.24, 2.45) is 5.10 Å². The molecular weight excluding hydrogens is 326 g/mol. The minimum Gasteiger partial charge on any atom is -0.302 e. The average molecular weight is 342 g/mol. The number of halogens is 1. The van der Waals surface area contributed by atoms with Crippen molar-refractivity contribution in [1.82, 2.24) is 10.4 Å². The van der Waals surface area contributed by atoms with E-state index in [0.29, 0.717) is 5.15 Å². The molecule has 0 aliphatic carbocycles. The summed E-state index contributed by atoms with van der Waals surface area (Å²) in [5.41, 5.74) is 7.43. The Kier molecular flexibility index (Phi) is 3.58. The Morgan fingerprint density at radius 3 is 2.87 bits per heavy atom. The molecule has 5 heteroatoms. The monoisotopic (exact) mass is 341 g/mol. The molecule has 1 N–H and O–H groups in total. The Hall–Kier alpha value is -1.91. The van der Waals surface area contributed by atoms with Crippen molar-refractivity contribution >= 4 is 39.6 Å². The van der Waals surface area contributed by atoms with Gasteiger partial charge in [0.2, 0.25) is 0 Å². The van der Waals surface area contributed by atoms with E-state index in [-0.39, 0.29) is 6.04 Å². The molecule has 3 heterocycles. The van der Waals surface area contributed by atoms with Crippen LogP contribution in [0.5, 0.6) is 0 Å². The first-order chi connectivity index (χ1) is 11.1. The Morgan fingerprint density at radius 2 is 2.09 bits per heavy atom. The summed E-state index contributed by atoms with van der Waals surface area (Å²) in [4.78, 5) is 7.12. The molecule has 116 valence electrons. The summed E-state index contributed by atoms with van der Waals surface area (Å²) < 4.78 is 0. The van der Waals surface area contributed by atoms with E-state index in [1.165, 1.54) is 9.75 Å². The van der Waals surface area contributed by atoms with Gasteiger partial charge in [0.15, 0.2) is 0 Å². The average Bonchev–Trinajstić information content (AvgIpc) is 3.16. The van der Waals surface area contributed by atoms with Crippen LogP contribution in [0.25, 0.3) is 10.9 Å². The Balaban J connectivity index is 1.67. The quantitative estimate of drug-likeness (QED) is 0.665. The summed E-state index contributed by atoms with van der Waals surface area (Å²) in [5, 5.41) is 6.18. The smallest absolute Gasteiger partial charge is 0.135 e. The maximum absolute atomic E-state index is 6.45. The molecule has 1 atom stereocenters. The molecule has 2 aromatic heterocycles. The lowest BCUT2D eigenvalue weighted by molar-refractivity contribution is 0.619. The van der Waals surface area contributed by atoms with Gasteiger partial charge in [0, 0.05) is 22.2 Å². The zero-order chi connectivity index (χ0) is 16.0. The summed E-state index contributed by atoms with van der Waals surface area (Å²) in [7, 11) is 0. The van der Waals surface area contributed by atoms with Gasteiger partial charge < -0.3 is 5.43 Å². The number of hydrazone groups is 1. The highest BCUT2D eigenvalue weighted by Crippen LogP contribution is 2.33. The van der Waals surface area contributed by atoms with Gasteiger partial charge in [0.1, 0.15) is 5.15 Å². The van der Waals surface area contributed by atoms with E-state index in [4.69, 9.17) is 11.6 Å². The van der Waals surface area contributed by atoms with Crippen LogP contribution >= 0.6 is 22.9 Å². The first-order valence-electron chi connectivity index (χ1n) is 7.56. The molecule has 0 bridgehead atoms. The number of thiophene rings is 1. The molecule has 3 nitrogen and oxygen atoms in total. The third kappa shape index (κ3) is 2.62. The zero-order valence-corrected chi connectivity index (χ0v) is 14.5. The van der Waals surface area contributed by atoms with Crippen molar-refractivity contribution in [1.29, 1.82) is 0 Å². The lowest BCUT2D eigenvalue weighted by atomic mass is 10.0. The Bertz CT molecular complexity index is 929. The van der Waals surface area contributed by atoms with Crippen molar-refractivity contribution in [2.75, 3.05) is 0 Å². The minimum absolute atomic E-state index is 0.0809. The van der Waals surface area contributed by atoms with Crippen LogP contribution in [-0.4, -0.2) is 10.7 Å². The first-order valence-corrected chi connectivity index (χ1v) is 8.76. The van der Waals surface area contributed by atoms with Crippen molar-refractivity contribution in [2.45, 2.75) is 26.3 Å². The van der Waals surface area contributed by atoms with Crippen LogP contribution in [0.1, 0.15) is 33.3 Å². The number of para-hydroxylation sites is 1. The van der Waals surface area contributed by atoms with Crippen LogP contribution < -0.4 is 5.43 Å². The number of fused-ring (bicyclic) bond motifs is 1. The van der Waals surface area contributed by atoms with E-state index >= 15 is 0 Å². The van der Waals surface area contributed by atoms with Gasteiger partial charge in [-0.15, -0.1) is 11.3 Å². The molecule has 0 saturated heterocycles. The number of aromatic nitrogens is 1. The van der Waals surface area contributed by atoms with E-state index in [1.807, 2.05) is 0 Å². The molecule has 0 amide bonds. The number of rotatable bonds is 2. The van der Waals surface area contributed by atoms with Gasteiger partial charge in [-0.3, -0.25) is 0 Å². The number of benzene rings is 1. The lowest BCUT2D eigenvalue weighted by Crippen LogP contribution is -2.11. The summed E-state index contributed by atoms with van der Waals surface area (Å²) in [6.45, 7) is 4.17. The molecule has 4 rings (SSSR count). The van der Waals surface area contributed by atoms with Crippen LogP contribution in [0.2, 0.25) is 5.15 Å². The fourth-order valence-corrected chi connectivity index (χ4v) is 4.09. The van der Waals surface area contributed by atoms with Gasteiger partial charge in [-0.05, 0) is 37.6 Å². The highest BCUT2D eigenvalue weighted by molar-refractivity contribution is 7.14. The van der Waals surface area contributed by atoms with Gasteiger partial charge >= 0.3 is 0 Å². The maximum Gasteiger partial charge on any atom is 0.135 e. The predicted molar refractivity (Wildman–Crippen MR) is 97.6 cm³/mol. The maximum atomic E-state index is 6.45. The summed E-state index contributed by atoms with van der Waals surface area (Å²) >= 11 is 8.23. The third-order valence-corrected chi connectivity index (χ3v) is 5.53. The second kappa shape index (κ2) is 5.62. The van der Waals surface area contributed by atoms with E-state index in [1.54, 1.807) is 11.3 Å². The number of nitrogens with one attached hydrogen (secondary N) is 1. The number of hydrogen-bond acceptors (Lipinski definition) is 4. The van der Waals surface area contributed by atoms with Gasteiger partial charge in [-0.1, -0.05) is 29.8 Å². The van der Waals surface area contributed by atoms with Crippen molar-refractivity contribution < 1.29 is 0 Å². The van der Waals surface area contributed by atoms with Crippen LogP contribution in [0.15, 0.2) is 41.5 Å². The molecule has 1 aliphatic rings.